The number of nitrogens with zero attached hydrogens (tertiary/aromatic N) is 3. The van der Waals surface area contributed by atoms with Gasteiger partial charge in [-0.2, -0.15) is 0 Å². The van der Waals surface area contributed by atoms with E-state index in [2.05, 4.69) is 32.0 Å². The average Bonchev–Trinajstić information content (AvgIpc) is 3.19. The van der Waals surface area contributed by atoms with Gasteiger partial charge in [0.1, 0.15) is 23.5 Å². The van der Waals surface area contributed by atoms with E-state index < -0.39 is 0 Å². The van der Waals surface area contributed by atoms with Crippen LogP contribution in [0, 0.1) is 0 Å². The summed E-state index contributed by atoms with van der Waals surface area (Å²) in [6.07, 6.45) is 6.25. The molecular formula is C21H29N5O. The summed E-state index contributed by atoms with van der Waals surface area (Å²) < 4.78 is 5.32. The number of anilines is 1. The number of rotatable bonds is 4. The Morgan fingerprint density at radius 1 is 1.19 bits per heavy atom. The highest BCUT2D eigenvalue weighted by Gasteiger charge is 2.32. The number of H-pyrrole nitrogens is 1. The molecule has 6 nitrogen and oxygen atoms in total. The van der Waals surface area contributed by atoms with Gasteiger partial charge in [-0.3, -0.25) is 0 Å². The quantitative estimate of drug-likeness (QED) is 0.737. The number of nitrogens with one attached hydrogen (secondary N) is 1. The first-order chi connectivity index (χ1) is 13.2. The zero-order chi connectivity index (χ0) is 19.3. The molecule has 3 aromatic rings. The van der Waals surface area contributed by atoms with Crippen molar-refractivity contribution < 1.29 is 4.74 Å². The summed E-state index contributed by atoms with van der Waals surface area (Å²) in [5.41, 5.74) is 8.63. The Morgan fingerprint density at radius 2 is 1.96 bits per heavy atom. The van der Waals surface area contributed by atoms with Gasteiger partial charge in [0.2, 0.25) is 0 Å². The fraction of sp³-hybridized carbons (Fsp3) is 0.429. The zero-order valence-corrected chi connectivity index (χ0v) is 16.4. The van der Waals surface area contributed by atoms with E-state index in [1.807, 2.05) is 38.2 Å². The molecule has 4 rings (SSSR count). The summed E-state index contributed by atoms with van der Waals surface area (Å²) in [6, 6.07) is 10.2. The SMILES string of the molecule is CC.COc1cccc(CC2(N)CCN(c3ncnc4[nH]ccc34)CC2)c1. The van der Waals surface area contributed by atoms with Crippen molar-refractivity contribution in [1.82, 2.24) is 15.0 Å². The van der Waals surface area contributed by atoms with E-state index in [1.165, 1.54) is 5.56 Å². The van der Waals surface area contributed by atoms with E-state index in [4.69, 9.17) is 10.5 Å². The number of methoxy groups -OCH3 is 1. The number of ether oxygens (including phenoxy) is 1. The topological polar surface area (TPSA) is 80.1 Å². The molecule has 6 heteroatoms. The van der Waals surface area contributed by atoms with Crippen LogP contribution >= 0.6 is 0 Å². The van der Waals surface area contributed by atoms with Crippen LogP contribution in [0.25, 0.3) is 11.0 Å². The molecule has 1 aliphatic rings. The molecule has 1 aliphatic heterocycles. The molecule has 3 N–H and O–H groups in total. The van der Waals surface area contributed by atoms with E-state index in [0.717, 1.165) is 55.0 Å². The number of piperidine rings is 1. The van der Waals surface area contributed by atoms with Gasteiger partial charge in [0.25, 0.3) is 0 Å². The van der Waals surface area contributed by atoms with Crippen molar-refractivity contribution in [2.24, 2.45) is 5.73 Å². The van der Waals surface area contributed by atoms with Crippen LogP contribution in [0.5, 0.6) is 5.75 Å². The van der Waals surface area contributed by atoms with Gasteiger partial charge < -0.3 is 20.4 Å². The third-order valence-corrected chi connectivity index (χ3v) is 5.08. The lowest BCUT2D eigenvalue weighted by Gasteiger charge is -2.40. The second kappa shape index (κ2) is 8.39. The van der Waals surface area contributed by atoms with Crippen molar-refractivity contribution in [1.29, 1.82) is 0 Å². The molecule has 1 aromatic carbocycles. The molecule has 0 saturated carbocycles. The Balaban J connectivity index is 0.00000102. The van der Waals surface area contributed by atoms with E-state index >= 15 is 0 Å². The number of nitrogens with two attached hydrogens (primary N) is 1. The van der Waals surface area contributed by atoms with Crippen LogP contribution in [-0.2, 0) is 6.42 Å². The molecule has 0 radical (unpaired) electrons. The number of aromatic nitrogens is 3. The lowest BCUT2D eigenvalue weighted by atomic mass is 9.83. The monoisotopic (exact) mass is 367 g/mol. The first-order valence-electron chi connectivity index (χ1n) is 9.62. The van der Waals surface area contributed by atoms with Crippen molar-refractivity contribution in [2.45, 2.75) is 38.6 Å². The highest BCUT2D eigenvalue weighted by molar-refractivity contribution is 5.87. The van der Waals surface area contributed by atoms with Gasteiger partial charge in [0.15, 0.2) is 0 Å². The maximum Gasteiger partial charge on any atom is 0.142 e. The van der Waals surface area contributed by atoms with Gasteiger partial charge in [-0.15, -0.1) is 0 Å². The number of benzene rings is 1. The predicted octanol–water partition coefficient (Wildman–Crippen LogP) is 3.53. The van der Waals surface area contributed by atoms with Gasteiger partial charge in [0.05, 0.1) is 12.5 Å². The molecule has 0 amide bonds. The third-order valence-electron chi connectivity index (χ3n) is 5.08. The number of fused-ring (bicyclic) bond motifs is 1. The first kappa shape index (κ1) is 19.2. The van der Waals surface area contributed by atoms with Crippen LogP contribution in [0.4, 0.5) is 5.82 Å². The molecule has 0 spiro atoms. The summed E-state index contributed by atoms with van der Waals surface area (Å²) in [5, 5.41) is 1.07. The highest BCUT2D eigenvalue weighted by atomic mass is 16.5. The predicted molar refractivity (Wildman–Crippen MR) is 110 cm³/mol. The van der Waals surface area contributed by atoms with Crippen molar-refractivity contribution in [3.05, 3.63) is 48.4 Å². The smallest absolute Gasteiger partial charge is 0.142 e. The van der Waals surface area contributed by atoms with Crippen molar-refractivity contribution in [2.75, 3.05) is 25.1 Å². The van der Waals surface area contributed by atoms with Gasteiger partial charge in [-0.1, -0.05) is 26.0 Å². The van der Waals surface area contributed by atoms with E-state index in [1.54, 1.807) is 13.4 Å². The Kier molecular flexibility index (Phi) is 5.96. The number of aromatic amines is 1. The summed E-state index contributed by atoms with van der Waals surface area (Å²) in [4.78, 5) is 14.2. The van der Waals surface area contributed by atoms with E-state index in [-0.39, 0.29) is 5.54 Å². The minimum atomic E-state index is -0.187. The number of hydrogen-bond acceptors (Lipinski definition) is 5. The normalized spacial score (nSPS) is 15.9. The summed E-state index contributed by atoms with van der Waals surface area (Å²) >= 11 is 0. The van der Waals surface area contributed by atoms with Gasteiger partial charge >= 0.3 is 0 Å². The molecule has 1 fully saturated rings. The van der Waals surface area contributed by atoms with Gasteiger partial charge in [0, 0.05) is 24.8 Å². The molecule has 144 valence electrons. The minimum absolute atomic E-state index is 0.187. The Labute approximate surface area is 160 Å². The van der Waals surface area contributed by atoms with Gasteiger partial charge in [-0.25, -0.2) is 9.97 Å². The van der Waals surface area contributed by atoms with Crippen LogP contribution in [0.15, 0.2) is 42.9 Å². The van der Waals surface area contributed by atoms with Crippen LogP contribution in [0.3, 0.4) is 0 Å². The van der Waals surface area contributed by atoms with E-state index in [9.17, 15) is 0 Å². The molecule has 1 saturated heterocycles. The lowest BCUT2D eigenvalue weighted by Crippen LogP contribution is -2.52. The summed E-state index contributed by atoms with van der Waals surface area (Å²) in [6.45, 7) is 5.80. The van der Waals surface area contributed by atoms with Gasteiger partial charge in [-0.05, 0) is 43.0 Å². The van der Waals surface area contributed by atoms with Crippen molar-refractivity contribution >= 4 is 16.9 Å². The fourth-order valence-electron chi connectivity index (χ4n) is 3.64. The highest BCUT2D eigenvalue weighted by Crippen LogP contribution is 2.30. The lowest BCUT2D eigenvalue weighted by molar-refractivity contribution is 0.330. The summed E-state index contributed by atoms with van der Waals surface area (Å²) in [5.74, 6) is 1.88. The van der Waals surface area contributed by atoms with E-state index in [0.29, 0.717) is 0 Å². The Bertz CT molecular complexity index is 868. The molecule has 0 unspecified atom stereocenters. The Hall–Kier alpha value is -2.60. The second-order valence-corrected chi connectivity index (χ2v) is 6.81. The third kappa shape index (κ3) is 4.22. The minimum Gasteiger partial charge on any atom is -0.497 e. The zero-order valence-electron chi connectivity index (χ0n) is 16.4. The molecule has 3 heterocycles. The average molecular weight is 367 g/mol. The molecule has 0 bridgehead atoms. The molecule has 2 aromatic heterocycles. The van der Waals surface area contributed by atoms with Crippen molar-refractivity contribution in [3.8, 4) is 5.75 Å². The molecule has 27 heavy (non-hydrogen) atoms. The van der Waals surface area contributed by atoms with Crippen molar-refractivity contribution in [3.63, 3.8) is 0 Å². The van der Waals surface area contributed by atoms with Crippen LogP contribution in [0.2, 0.25) is 0 Å². The standard InChI is InChI=1S/C19H23N5O.C2H6/c1-25-15-4-2-3-14(11-15)12-19(20)6-9-24(10-7-19)18-16-5-8-21-17(16)22-13-23-18;1-2/h2-5,8,11,13H,6-7,9-10,12,20H2,1H3,(H,21,22,23);1-2H3. The molecule has 0 atom stereocenters. The number of hydrogen-bond donors (Lipinski definition) is 2. The fourth-order valence-corrected chi connectivity index (χ4v) is 3.64. The second-order valence-electron chi connectivity index (χ2n) is 6.81. The Morgan fingerprint density at radius 3 is 2.70 bits per heavy atom. The van der Waals surface area contributed by atoms with Crippen LogP contribution < -0.4 is 15.4 Å². The maximum atomic E-state index is 6.71. The first-order valence-corrected chi connectivity index (χ1v) is 9.62. The molecular weight excluding hydrogens is 338 g/mol. The van der Waals surface area contributed by atoms with Crippen LogP contribution in [-0.4, -0.2) is 40.7 Å². The largest absolute Gasteiger partial charge is 0.497 e. The molecule has 0 aliphatic carbocycles. The summed E-state index contributed by atoms with van der Waals surface area (Å²) in [7, 11) is 1.69. The van der Waals surface area contributed by atoms with Crippen LogP contribution in [0.1, 0.15) is 32.3 Å². The maximum absolute atomic E-state index is 6.71.